The summed E-state index contributed by atoms with van der Waals surface area (Å²) in [5.74, 6) is 0.198. The van der Waals surface area contributed by atoms with Crippen molar-refractivity contribution in [2.45, 2.75) is 69.5 Å². The van der Waals surface area contributed by atoms with Gasteiger partial charge in [0.2, 0.25) is 12.2 Å². The Morgan fingerprint density at radius 3 is 2.86 bits per heavy atom. The predicted molar refractivity (Wildman–Crippen MR) is 155 cm³/mol. The molecule has 0 spiro atoms. The highest BCUT2D eigenvalue weighted by Crippen LogP contribution is 2.39. The summed E-state index contributed by atoms with van der Waals surface area (Å²) in [5, 5.41) is 22.6. The number of hydrogen-bond donors (Lipinski definition) is 3. The normalized spacial score (nSPS) is 24.0. The quantitative estimate of drug-likeness (QED) is 0.145. The van der Waals surface area contributed by atoms with Crippen LogP contribution in [0.25, 0.3) is 0 Å². The van der Waals surface area contributed by atoms with Crippen LogP contribution in [0.1, 0.15) is 55.3 Å². The molecule has 42 heavy (non-hydrogen) atoms. The Labute approximate surface area is 245 Å². The van der Waals surface area contributed by atoms with E-state index in [2.05, 4.69) is 10.3 Å². The van der Waals surface area contributed by atoms with Crippen LogP contribution in [0, 0.1) is 0 Å². The van der Waals surface area contributed by atoms with Gasteiger partial charge in [0.1, 0.15) is 6.29 Å². The lowest BCUT2D eigenvalue weighted by atomic mass is 10.0. The van der Waals surface area contributed by atoms with Gasteiger partial charge in [-0.1, -0.05) is 0 Å². The number of rotatable bonds is 12. The molecule has 0 saturated carbocycles. The van der Waals surface area contributed by atoms with Crippen LogP contribution in [0.3, 0.4) is 0 Å². The van der Waals surface area contributed by atoms with Gasteiger partial charge in [0.05, 0.1) is 48.4 Å². The molecule has 3 aliphatic rings. The summed E-state index contributed by atoms with van der Waals surface area (Å²) in [6.45, 7) is 0.559. The highest BCUT2D eigenvalue weighted by molar-refractivity contribution is 6.03. The number of hydrogen-bond acceptors (Lipinski definition) is 10. The number of aliphatic hydroxyl groups excluding tert-OH is 2. The van der Waals surface area contributed by atoms with Gasteiger partial charge in [-0.25, -0.2) is 0 Å². The first kappa shape index (κ1) is 31.2. The van der Waals surface area contributed by atoms with E-state index in [0.717, 1.165) is 19.3 Å². The zero-order chi connectivity index (χ0) is 30.1. The number of carbonyl (C=O) groups is 3. The molecule has 2 fully saturated rings. The highest BCUT2D eigenvalue weighted by atomic mass is 16.7. The van der Waals surface area contributed by atoms with E-state index in [1.807, 2.05) is 11.1 Å². The molecule has 0 aromatic heterocycles. The average Bonchev–Trinajstić information content (AvgIpc) is 3.09. The molecule has 4 atom stereocenters. The molecule has 3 heterocycles. The van der Waals surface area contributed by atoms with Crippen molar-refractivity contribution >= 4 is 30.0 Å². The monoisotopic (exact) mass is 584 g/mol. The van der Waals surface area contributed by atoms with Gasteiger partial charge in [-0.3, -0.25) is 19.4 Å². The molecule has 2 saturated heterocycles. The molecule has 2 amide bonds. The van der Waals surface area contributed by atoms with Gasteiger partial charge in [0.15, 0.2) is 11.5 Å². The maximum atomic E-state index is 13.5. The van der Waals surface area contributed by atoms with Crippen molar-refractivity contribution in [3.8, 4) is 11.5 Å². The standard InChI is InChI=1S/C30H40N4O8/c1-33(2)18-20(7-5-11-35)32-28(38)9-6-12-40-26-16-25-24(30(39)34-10-4-3-8-21(34)17-31-25)15-27(26)42-29-14-22(37)13-23(19-36)41-29/h5,7,11,15-18,21-23,29,36-37H,3-4,6,8-10,12-14,19H2,1-2H3,(H,32,38)/b7-5+,20-18+. The van der Waals surface area contributed by atoms with Gasteiger partial charge >= 0.3 is 0 Å². The molecule has 4 unspecified atom stereocenters. The van der Waals surface area contributed by atoms with Crippen LogP contribution in [0.15, 0.2) is 41.2 Å². The molecular formula is C30H40N4O8. The van der Waals surface area contributed by atoms with Gasteiger partial charge in [0, 0.05) is 58.4 Å². The number of benzene rings is 1. The lowest BCUT2D eigenvalue weighted by Gasteiger charge is -2.33. The molecule has 4 rings (SSSR count). The second-order valence-corrected chi connectivity index (χ2v) is 10.8. The molecule has 0 radical (unpaired) electrons. The van der Waals surface area contributed by atoms with E-state index in [1.165, 1.54) is 12.2 Å². The van der Waals surface area contributed by atoms with E-state index in [1.54, 1.807) is 37.3 Å². The molecule has 12 heteroatoms. The van der Waals surface area contributed by atoms with Crippen LogP contribution in [-0.4, -0.2) is 103 Å². The number of nitrogens with zero attached hydrogens (tertiary/aromatic N) is 3. The number of ether oxygens (including phenoxy) is 3. The van der Waals surface area contributed by atoms with Crippen molar-refractivity contribution in [1.82, 2.24) is 15.1 Å². The molecule has 3 N–H and O–H groups in total. The number of allylic oxidation sites excluding steroid dienone is 2. The minimum atomic E-state index is -0.856. The SMILES string of the molecule is CN(C)/C=C(\C=C\C=O)NC(=O)CCCOc1cc2c(cc1OC1CC(O)CC(CO)O1)C(=O)N1CCCCC1C=N2. The topological polar surface area (TPSA) is 150 Å². The summed E-state index contributed by atoms with van der Waals surface area (Å²) in [5.41, 5.74) is 1.33. The first-order valence-corrected chi connectivity index (χ1v) is 14.3. The fraction of sp³-hybridized carbons (Fsp3) is 0.533. The summed E-state index contributed by atoms with van der Waals surface area (Å²) in [7, 11) is 3.61. The van der Waals surface area contributed by atoms with Crippen molar-refractivity contribution in [2.24, 2.45) is 4.99 Å². The Hall–Kier alpha value is -3.74. The number of fused-ring (bicyclic) bond motifs is 2. The first-order valence-electron chi connectivity index (χ1n) is 14.3. The Morgan fingerprint density at radius 2 is 2.10 bits per heavy atom. The Kier molecular flexibility index (Phi) is 11.1. The van der Waals surface area contributed by atoms with E-state index in [0.29, 0.717) is 48.4 Å². The third-order valence-corrected chi connectivity index (χ3v) is 7.14. The number of aldehydes is 1. The summed E-state index contributed by atoms with van der Waals surface area (Å²) >= 11 is 0. The second-order valence-electron chi connectivity index (χ2n) is 10.8. The molecule has 3 aliphatic heterocycles. The highest BCUT2D eigenvalue weighted by Gasteiger charge is 2.33. The van der Waals surface area contributed by atoms with Crippen molar-refractivity contribution in [3.63, 3.8) is 0 Å². The number of amides is 2. The van der Waals surface area contributed by atoms with Crippen LogP contribution in [0.4, 0.5) is 5.69 Å². The van der Waals surface area contributed by atoms with Gasteiger partial charge < -0.3 is 39.5 Å². The van der Waals surface area contributed by atoms with Crippen LogP contribution < -0.4 is 14.8 Å². The molecular weight excluding hydrogens is 544 g/mol. The summed E-state index contributed by atoms with van der Waals surface area (Å²) in [6, 6.07) is 3.19. The maximum Gasteiger partial charge on any atom is 0.256 e. The first-order chi connectivity index (χ1) is 20.3. The van der Waals surface area contributed by atoms with Crippen molar-refractivity contribution < 1.29 is 38.8 Å². The number of carbonyl (C=O) groups excluding carboxylic acids is 3. The van der Waals surface area contributed by atoms with Gasteiger partial charge in [-0.15, -0.1) is 0 Å². The predicted octanol–water partition coefficient (Wildman–Crippen LogP) is 2.07. The maximum absolute atomic E-state index is 13.5. The number of aliphatic hydroxyl groups is 2. The lowest BCUT2D eigenvalue weighted by Crippen LogP contribution is -2.43. The van der Waals surface area contributed by atoms with E-state index in [-0.39, 0.29) is 49.7 Å². The largest absolute Gasteiger partial charge is 0.490 e. The third-order valence-electron chi connectivity index (χ3n) is 7.14. The minimum absolute atomic E-state index is 0.0687. The third kappa shape index (κ3) is 8.40. The van der Waals surface area contributed by atoms with Gasteiger partial charge in [-0.05, 0) is 43.9 Å². The van der Waals surface area contributed by atoms with Crippen LogP contribution in [0.2, 0.25) is 0 Å². The minimum Gasteiger partial charge on any atom is -0.490 e. The molecule has 12 nitrogen and oxygen atoms in total. The summed E-state index contributed by atoms with van der Waals surface area (Å²) in [6.07, 6.45) is 8.63. The van der Waals surface area contributed by atoms with Crippen LogP contribution >= 0.6 is 0 Å². The summed E-state index contributed by atoms with van der Waals surface area (Å²) in [4.78, 5) is 44.9. The second kappa shape index (κ2) is 14.9. The van der Waals surface area contributed by atoms with Crippen molar-refractivity contribution in [1.29, 1.82) is 0 Å². The molecule has 228 valence electrons. The van der Waals surface area contributed by atoms with E-state index in [4.69, 9.17) is 14.2 Å². The van der Waals surface area contributed by atoms with Crippen LogP contribution in [0.5, 0.6) is 11.5 Å². The zero-order valence-corrected chi connectivity index (χ0v) is 24.1. The van der Waals surface area contributed by atoms with E-state index >= 15 is 0 Å². The van der Waals surface area contributed by atoms with E-state index in [9.17, 15) is 24.6 Å². The molecule has 1 aromatic carbocycles. The zero-order valence-electron chi connectivity index (χ0n) is 24.1. The summed E-state index contributed by atoms with van der Waals surface area (Å²) < 4.78 is 18.0. The van der Waals surface area contributed by atoms with Gasteiger partial charge in [-0.2, -0.15) is 0 Å². The molecule has 0 aliphatic carbocycles. The fourth-order valence-electron chi connectivity index (χ4n) is 5.18. The van der Waals surface area contributed by atoms with E-state index < -0.39 is 18.5 Å². The fourth-order valence-corrected chi connectivity index (χ4v) is 5.18. The molecule has 0 bridgehead atoms. The number of piperidine rings is 1. The smallest absolute Gasteiger partial charge is 0.256 e. The lowest BCUT2D eigenvalue weighted by molar-refractivity contribution is -0.185. The average molecular weight is 585 g/mol. The number of nitrogens with one attached hydrogen (secondary N) is 1. The van der Waals surface area contributed by atoms with Crippen molar-refractivity contribution in [3.05, 3.63) is 41.7 Å². The Bertz CT molecular complexity index is 1210. The number of aliphatic imine (C=N–C) groups is 1. The Balaban J connectivity index is 1.49. The van der Waals surface area contributed by atoms with Crippen molar-refractivity contribution in [2.75, 3.05) is 33.9 Å². The van der Waals surface area contributed by atoms with Gasteiger partial charge in [0.25, 0.3) is 5.91 Å². The van der Waals surface area contributed by atoms with Crippen LogP contribution in [-0.2, 0) is 14.3 Å². The Morgan fingerprint density at radius 1 is 1.26 bits per heavy atom. The molecule has 1 aromatic rings.